The Morgan fingerprint density at radius 1 is 0.400 bits per heavy atom. The molecule has 0 bridgehead atoms. The summed E-state index contributed by atoms with van der Waals surface area (Å²) in [6.45, 7) is 0. The minimum absolute atomic E-state index is 0. The van der Waals surface area contributed by atoms with Crippen molar-refractivity contribution in [2.24, 2.45) is 0 Å². The first-order valence-corrected chi connectivity index (χ1v) is 0. The summed E-state index contributed by atoms with van der Waals surface area (Å²) in [5.41, 5.74) is 0. The normalized spacial score (nSPS) is 0. The van der Waals surface area contributed by atoms with Crippen LogP contribution in [0.5, 0.6) is 0 Å². The zero-order valence-electron chi connectivity index (χ0n) is 2.63. The summed E-state index contributed by atoms with van der Waals surface area (Å²) in [7, 11) is 0. The quantitative estimate of drug-likeness (QED) is 0.338. The molecule has 0 atom stereocenters. The third kappa shape index (κ3) is 17.6. The van der Waals surface area contributed by atoms with Gasteiger partial charge in [-0.25, -0.2) is 0 Å². The van der Waals surface area contributed by atoms with Crippen molar-refractivity contribution in [3.63, 3.8) is 0 Å². The summed E-state index contributed by atoms with van der Waals surface area (Å²) in [6.07, 6.45) is 0. The first-order chi connectivity index (χ1) is 0. The molecule has 0 aromatic heterocycles. The van der Waals surface area contributed by atoms with Gasteiger partial charge in [0.15, 0.2) is 0 Å². The van der Waals surface area contributed by atoms with Crippen LogP contribution in [0, 0.1) is 142 Å². The van der Waals surface area contributed by atoms with Crippen molar-refractivity contribution in [3.8, 4) is 0 Å². The van der Waals surface area contributed by atoms with Crippen LogP contribution in [-0.4, -0.2) is 0 Å². The van der Waals surface area contributed by atoms with Gasteiger partial charge in [0.05, 0.1) is 0 Å². The zero-order chi connectivity index (χ0) is 0. The van der Waals surface area contributed by atoms with E-state index in [0.717, 1.165) is 0 Å². The van der Waals surface area contributed by atoms with Crippen LogP contribution in [0.4, 0.5) is 0 Å². The van der Waals surface area contributed by atoms with Crippen molar-refractivity contribution in [3.05, 3.63) is 0 Å². The molecule has 0 saturated heterocycles. The van der Waals surface area contributed by atoms with Crippen LogP contribution < -0.4 is 0 Å². The average Bonchev–Trinajstić information content (AvgIpc) is 0. The molecule has 0 rings (SSSR count). The van der Waals surface area contributed by atoms with Crippen molar-refractivity contribution in [2.45, 2.75) is 0 Å². The smallest absolute Gasteiger partial charge is 0 e. The fourth-order valence-electron chi connectivity index (χ4n) is 0. The van der Waals surface area contributed by atoms with Gasteiger partial charge in [-0.1, -0.05) is 0 Å². The molecule has 0 amide bonds. The second-order valence-electron chi connectivity index (χ2n) is 0. The van der Waals surface area contributed by atoms with Crippen LogP contribution >= 0.6 is 0 Å². The van der Waals surface area contributed by atoms with Gasteiger partial charge < -0.3 is 0 Å². The van der Waals surface area contributed by atoms with Crippen molar-refractivity contribution in [1.29, 1.82) is 0 Å². The van der Waals surface area contributed by atoms with E-state index in [4.69, 9.17) is 0 Å². The molecule has 0 aromatic carbocycles. The molecule has 5 heteroatoms. The fraction of sp³-hybridized carbons (Fsp3) is 0. The summed E-state index contributed by atoms with van der Waals surface area (Å²) in [4.78, 5) is 0. The summed E-state index contributed by atoms with van der Waals surface area (Å²) in [6, 6.07) is 0. The van der Waals surface area contributed by atoms with Crippen LogP contribution in [0.25, 0.3) is 0 Å². The van der Waals surface area contributed by atoms with Crippen LogP contribution in [0.3, 0.4) is 0 Å². The van der Waals surface area contributed by atoms with Gasteiger partial charge in [-0.2, -0.15) is 0 Å². The topological polar surface area (TPSA) is 0 Å². The summed E-state index contributed by atoms with van der Waals surface area (Å²) in [5, 5.41) is 0. The van der Waals surface area contributed by atoms with Gasteiger partial charge in [0.1, 0.15) is 0 Å². The predicted octanol–water partition coefficient (Wildman–Crippen LogP) is -0.00250. The van der Waals surface area contributed by atoms with Gasteiger partial charge in [0, 0.05) is 159 Å². The van der Waals surface area contributed by atoms with Crippen LogP contribution in [0.15, 0.2) is 0 Å². The molecule has 0 aliphatic heterocycles. The molecule has 0 fully saturated rings. The van der Waals surface area contributed by atoms with Gasteiger partial charge in [-0.15, -0.1) is 0 Å². The molecule has 0 nitrogen and oxygen atoms in total. The van der Waals surface area contributed by atoms with Crippen LogP contribution in [0.1, 0.15) is 0 Å². The molecular formula is La4Ni. The van der Waals surface area contributed by atoms with E-state index in [0.29, 0.717) is 0 Å². The Morgan fingerprint density at radius 2 is 0.400 bits per heavy atom. The average molecular weight is 614 g/mol. The maximum absolute atomic E-state index is 0. The molecule has 0 heterocycles. The largest absolute Gasteiger partial charge is 0 e. The van der Waals surface area contributed by atoms with E-state index in [1.54, 1.807) is 0 Å². The molecule has 0 aliphatic rings. The maximum Gasteiger partial charge on any atom is 0 e. The number of rotatable bonds is 0. The molecule has 0 unspecified atom stereocenters. The minimum atomic E-state index is 0. The van der Waals surface area contributed by atoms with Gasteiger partial charge in [-0.05, 0) is 0 Å². The monoisotopic (exact) mass is 614 g/mol. The number of hydrogen-bond acceptors (Lipinski definition) is 0. The molecule has 0 aromatic rings. The van der Waals surface area contributed by atoms with E-state index in [-0.39, 0.29) is 159 Å². The maximum atomic E-state index is 0. The molecule has 4 radical (unpaired) electrons. The molecule has 5 heavy (non-hydrogen) atoms. The molecule has 0 saturated carbocycles. The van der Waals surface area contributed by atoms with Crippen molar-refractivity contribution in [2.75, 3.05) is 0 Å². The van der Waals surface area contributed by atoms with Gasteiger partial charge in [0.2, 0.25) is 0 Å². The Hall–Kier alpha value is 5.27. The van der Waals surface area contributed by atoms with Crippen LogP contribution in [-0.2, 0) is 16.5 Å². The Kier molecular flexibility index (Phi) is 145. The Balaban J connectivity index is 0. The van der Waals surface area contributed by atoms with E-state index in [9.17, 15) is 0 Å². The van der Waals surface area contributed by atoms with Crippen LogP contribution in [0.2, 0.25) is 0 Å². The van der Waals surface area contributed by atoms with E-state index in [1.165, 1.54) is 0 Å². The summed E-state index contributed by atoms with van der Waals surface area (Å²) >= 11 is 0. The standard InChI is InChI=1S/4La.Ni. The molecule has 0 spiro atoms. The van der Waals surface area contributed by atoms with E-state index in [2.05, 4.69) is 0 Å². The van der Waals surface area contributed by atoms with E-state index >= 15 is 0 Å². The Labute approximate surface area is 154 Å². The SMILES string of the molecule is [La].[La].[La].[La].[Ni]. The molecule has 0 N–H and O–H groups in total. The third-order valence-corrected chi connectivity index (χ3v) is 0. The van der Waals surface area contributed by atoms with Gasteiger partial charge in [0.25, 0.3) is 0 Å². The molecule has 22 valence electrons. The first-order valence-electron chi connectivity index (χ1n) is 0. The molecule has 0 aliphatic carbocycles. The number of hydrogen-bond donors (Lipinski definition) is 0. The summed E-state index contributed by atoms with van der Waals surface area (Å²) < 4.78 is 0. The van der Waals surface area contributed by atoms with Crippen molar-refractivity contribution in [1.82, 2.24) is 0 Å². The third-order valence-electron chi connectivity index (χ3n) is 0. The van der Waals surface area contributed by atoms with E-state index in [1.807, 2.05) is 0 Å². The van der Waals surface area contributed by atoms with Crippen molar-refractivity contribution < 1.29 is 159 Å². The van der Waals surface area contributed by atoms with Gasteiger partial charge >= 0.3 is 0 Å². The zero-order valence-corrected chi connectivity index (χ0v) is 18.1. The summed E-state index contributed by atoms with van der Waals surface area (Å²) in [5.74, 6) is 0. The van der Waals surface area contributed by atoms with Crippen molar-refractivity contribution >= 4 is 0 Å². The Bertz CT molecular complexity index is 3.61. The minimum Gasteiger partial charge on any atom is 0 e. The fourth-order valence-corrected chi connectivity index (χ4v) is 0. The second-order valence-corrected chi connectivity index (χ2v) is 0. The second kappa shape index (κ2) is 22.8. The van der Waals surface area contributed by atoms with E-state index < -0.39 is 0 Å². The first kappa shape index (κ1) is 31.8. The Morgan fingerprint density at radius 3 is 0.400 bits per heavy atom. The predicted molar refractivity (Wildman–Crippen MR) is 0 cm³/mol. The molecular weight excluding hydrogens is 614 g/mol. The van der Waals surface area contributed by atoms with Gasteiger partial charge in [-0.3, -0.25) is 0 Å².